The van der Waals surface area contributed by atoms with Crippen molar-refractivity contribution in [1.29, 1.82) is 0 Å². The number of ether oxygens (including phenoxy) is 1. The molecule has 170 valence electrons. The van der Waals surface area contributed by atoms with Gasteiger partial charge in [-0.05, 0) is 68.9 Å². The number of phenols is 1. The van der Waals surface area contributed by atoms with E-state index in [1.807, 2.05) is 32.9 Å². The molecule has 0 atom stereocenters. The lowest BCUT2D eigenvalue weighted by Crippen LogP contribution is -2.38. The number of carbonyl (C=O) groups is 3. The fourth-order valence-corrected chi connectivity index (χ4v) is 3.83. The zero-order chi connectivity index (χ0) is 23.3. The maximum atomic E-state index is 12.8. The van der Waals surface area contributed by atoms with Gasteiger partial charge in [0, 0.05) is 25.2 Å². The molecule has 7 heteroatoms. The van der Waals surface area contributed by atoms with Crippen LogP contribution in [0.1, 0.15) is 71.4 Å². The molecular weight excluding hydrogens is 408 g/mol. The van der Waals surface area contributed by atoms with E-state index in [9.17, 15) is 19.5 Å². The van der Waals surface area contributed by atoms with E-state index in [1.54, 1.807) is 4.90 Å². The summed E-state index contributed by atoms with van der Waals surface area (Å²) in [5.41, 5.74) is 2.17. The van der Waals surface area contributed by atoms with Crippen molar-refractivity contribution in [2.75, 3.05) is 13.1 Å². The second-order valence-corrected chi connectivity index (χ2v) is 9.06. The number of hydrogen-bond acceptors (Lipinski definition) is 5. The van der Waals surface area contributed by atoms with Crippen molar-refractivity contribution in [2.24, 2.45) is 0 Å². The van der Waals surface area contributed by atoms with Crippen LogP contribution >= 0.6 is 0 Å². The highest BCUT2D eigenvalue weighted by atomic mass is 16.6. The summed E-state index contributed by atoms with van der Waals surface area (Å²) in [7, 11) is 0. The summed E-state index contributed by atoms with van der Waals surface area (Å²) in [6, 6.07) is 12.5. The molecule has 2 N–H and O–H groups in total. The molecule has 0 radical (unpaired) electrons. The molecule has 2 aromatic carbocycles. The summed E-state index contributed by atoms with van der Waals surface area (Å²) in [4.78, 5) is 37.5. The number of phenolic OH excluding ortho intramolecular Hbond substituents is 1. The topological polar surface area (TPSA) is 95.9 Å². The molecular formula is C25H30N2O5. The third-order valence-electron chi connectivity index (χ3n) is 5.44. The van der Waals surface area contributed by atoms with Crippen LogP contribution in [0, 0.1) is 0 Å². The molecule has 2 aromatic rings. The normalized spacial score (nSPS) is 14.7. The highest BCUT2D eigenvalue weighted by molar-refractivity contribution is 5.96. The van der Waals surface area contributed by atoms with Gasteiger partial charge < -0.3 is 20.1 Å². The zero-order valence-electron chi connectivity index (χ0n) is 18.8. The number of carbonyl (C=O) groups excluding carboxylic acids is 3. The molecule has 3 rings (SSSR count). The standard InChI is InChI=1S/C25H30N2O5/c1-25(2,3)32-24(31)26-15-17-5-4-6-19(13-17)18-9-11-27(12-10-18)23(30)20-7-8-22(29)21(14-20)16-28/h4-8,13-14,16,18,29H,9-12,15H2,1-3H3,(H,26,31). The smallest absolute Gasteiger partial charge is 0.407 e. The lowest BCUT2D eigenvalue weighted by Gasteiger charge is -2.32. The number of benzene rings is 2. The summed E-state index contributed by atoms with van der Waals surface area (Å²) >= 11 is 0. The van der Waals surface area contributed by atoms with Crippen LogP contribution in [0.5, 0.6) is 5.75 Å². The Morgan fingerprint density at radius 1 is 1.16 bits per heavy atom. The molecule has 1 heterocycles. The minimum atomic E-state index is -0.535. The Bertz CT molecular complexity index is 988. The van der Waals surface area contributed by atoms with Gasteiger partial charge >= 0.3 is 6.09 Å². The number of likely N-dealkylation sites (tertiary alicyclic amines) is 1. The summed E-state index contributed by atoms with van der Waals surface area (Å²) in [6.07, 6.45) is 1.76. The van der Waals surface area contributed by atoms with Crippen molar-refractivity contribution in [2.45, 2.75) is 51.7 Å². The first-order chi connectivity index (χ1) is 15.2. The summed E-state index contributed by atoms with van der Waals surface area (Å²) in [6.45, 7) is 7.09. The van der Waals surface area contributed by atoms with Crippen LogP contribution in [0.3, 0.4) is 0 Å². The molecule has 1 aliphatic heterocycles. The Labute approximate surface area is 188 Å². The molecule has 0 saturated carbocycles. The van der Waals surface area contributed by atoms with Gasteiger partial charge in [0.1, 0.15) is 11.4 Å². The van der Waals surface area contributed by atoms with E-state index < -0.39 is 11.7 Å². The molecule has 0 unspecified atom stereocenters. The summed E-state index contributed by atoms with van der Waals surface area (Å²) < 4.78 is 5.28. The molecule has 0 spiro atoms. The first-order valence-electron chi connectivity index (χ1n) is 10.8. The number of aldehydes is 1. The number of nitrogens with zero attached hydrogens (tertiary/aromatic N) is 1. The third kappa shape index (κ3) is 6.09. The molecule has 1 aliphatic rings. The van der Waals surface area contributed by atoms with Gasteiger partial charge in [-0.1, -0.05) is 24.3 Å². The van der Waals surface area contributed by atoms with Crippen molar-refractivity contribution in [1.82, 2.24) is 10.2 Å². The maximum absolute atomic E-state index is 12.8. The highest BCUT2D eigenvalue weighted by Crippen LogP contribution is 2.29. The number of alkyl carbamates (subject to hydrolysis) is 1. The van der Waals surface area contributed by atoms with E-state index in [2.05, 4.69) is 17.4 Å². The monoisotopic (exact) mass is 438 g/mol. The van der Waals surface area contributed by atoms with Gasteiger partial charge in [-0.2, -0.15) is 0 Å². The zero-order valence-corrected chi connectivity index (χ0v) is 18.8. The molecule has 1 fully saturated rings. The van der Waals surface area contributed by atoms with E-state index in [4.69, 9.17) is 4.74 Å². The molecule has 2 amide bonds. The Morgan fingerprint density at radius 3 is 2.53 bits per heavy atom. The number of amides is 2. The highest BCUT2D eigenvalue weighted by Gasteiger charge is 2.25. The van der Waals surface area contributed by atoms with Crippen LogP contribution < -0.4 is 5.32 Å². The summed E-state index contributed by atoms with van der Waals surface area (Å²) in [5.74, 6) is 0.0593. The Morgan fingerprint density at radius 2 is 1.88 bits per heavy atom. The Kier molecular flexibility index (Phi) is 7.18. The Hall–Kier alpha value is -3.35. The maximum Gasteiger partial charge on any atom is 0.407 e. The molecule has 0 bridgehead atoms. The molecule has 0 aromatic heterocycles. The largest absolute Gasteiger partial charge is 0.507 e. The first kappa shape index (κ1) is 23.3. The Balaban J connectivity index is 1.57. The lowest BCUT2D eigenvalue weighted by molar-refractivity contribution is 0.0523. The minimum Gasteiger partial charge on any atom is -0.507 e. The SMILES string of the molecule is CC(C)(C)OC(=O)NCc1cccc(C2CCN(C(=O)c3ccc(O)c(C=O)c3)CC2)c1. The number of aromatic hydroxyl groups is 1. The summed E-state index contributed by atoms with van der Waals surface area (Å²) in [5, 5.41) is 12.4. The second-order valence-electron chi connectivity index (χ2n) is 9.06. The number of piperidine rings is 1. The van der Waals surface area contributed by atoms with Crippen molar-refractivity contribution in [3.05, 3.63) is 64.7 Å². The predicted octanol–water partition coefficient (Wildman–Crippen LogP) is 4.25. The second kappa shape index (κ2) is 9.85. The average Bonchev–Trinajstić information content (AvgIpc) is 2.77. The van der Waals surface area contributed by atoms with Gasteiger partial charge in [-0.3, -0.25) is 9.59 Å². The van der Waals surface area contributed by atoms with Crippen LogP contribution in [-0.2, 0) is 11.3 Å². The number of nitrogens with one attached hydrogen (secondary N) is 1. The van der Waals surface area contributed by atoms with Crippen molar-refractivity contribution >= 4 is 18.3 Å². The van der Waals surface area contributed by atoms with Crippen LogP contribution in [0.15, 0.2) is 42.5 Å². The van der Waals surface area contributed by atoms with E-state index in [-0.39, 0.29) is 17.2 Å². The van der Waals surface area contributed by atoms with Crippen molar-refractivity contribution < 1.29 is 24.2 Å². The van der Waals surface area contributed by atoms with Crippen LogP contribution in [0.25, 0.3) is 0 Å². The first-order valence-corrected chi connectivity index (χ1v) is 10.8. The quantitative estimate of drug-likeness (QED) is 0.681. The van der Waals surface area contributed by atoms with Crippen molar-refractivity contribution in [3.63, 3.8) is 0 Å². The average molecular weight is 439 g/mol. The van der Waals surface area contributed by atoms with Crippen molar-refractivity contribution in [3.8, 4) is 5.75 Å². The molecule has 1 saturated heterocycles. The van der Waals surface area contributed by atoms with E-state index in [1.165, 1.54) is 23.8 Å². The van der Waals surface area contributed by atoms with Crippen LogP contribution in [0.2, 0.25) is 0 Å². The van der Waals surface area contributed by atoms with E-state index >= 15 is 0 Å². The van der Waals surface area contributed by atoms with Crippen LogP contribution in [-0.4, -0.2) is 47.0 Å². The third-order valence-corrected chi connectivity index (χ3v) is 5.44. The fraction of sp³-hybridized carbons (Fsp3) is 0.400. The lowest BCUT2D eigenvalue weighted by atomic mass is 9.88. The van der Waals surface area contributed by atoms with Gasteiger partial charge in [0.25, 0.3) is 5.91 Å². The van der Waals surface area contributed by atoms with Crippen LogP contribution in [0.4, 0.5) is 4.79 Å². The predicted molar refractivity (Wildman–Crippen MR) is 121 cm³/mol. The number of hydrogen-bond donors (Lipinski definition) is 2. The molecule has 7 nitrogen and oxygen atoms in total. The molecule has 32 heavy (non-hydrogen) atoms. The van der Waals surface area contributed by atoms with E-state index in [0.717, 1.165) is 18.4 Å². The van der Waals surface area contributed by atoms with E-state index in [0.29, 0.717) is 37.4 Å². The van der Waals surface area contributed by atoms with Gasteiger partial charge in [0.2, 0.25) is 0 Å². The van der Waals surface area contributed by atoms with Gasteiger partial charge in [-0.15, -0.1) is 0 Å². The van der Waals surface area contributed by atoms with Gasteiger partial charge in [-0.25, -0.2) is 4.79 Å². The van der Waals surface area contributed by atoms with Gasteiger partial charge in [0.15, 0.2) is 6.29 Å². The molecule has 0 aliphatic carbocycles. The number of rotatable bonds is 5. The fourth-order valence-electron chi connectivity index (χ4n) is 3.83. The van der Waals surface area contributed by atoms with Gasteiger partial charge in [0.05, 0.1) is 5.56 Å². The minimum absolute atomic E-state index is 0.113.